The third-order valence-corrected chi connectivity index (χ3v) is 2.71. The van der Waals surface area contributed by atoms with Gasteiger partial charge >= 0.3 is 12.3 Å². The van der Waals surface area contributed by atoms with Gasteiger partial charge in [-0.1, -0.05) is 15.9 Å². The van der Waals surface area contributed by atoms with E-state index >= 15 is 0 Å². The van der Waals surface area contributed by atoms with E-state index in [-0.39, 0.29) is 10.9 Å². The summed E-state index contributed by atoms with van der Waals surface area (Å²) in [5.74, 6) is -2.61. The topological polar surface area (TPSA) is 59.4 Å². The van der Waals surface area contributed by atoms with E-state index in [4.69, 9.17) is 5.11 Å². The number of carbonyl (C=O) groups is 1. The molecule has 0 aliphatic carbocycles. The van der Waals surface area contributed by atoms with Crippen LogP contribution >= 0.6 is 15.9 Å². The van der Waals surface area contributed by atoms with E-state index in [0.29, 0.717) is 0 Å². The lowest BCUT2D eigenvalue weighted by Gasteiger charge is -2.15. The Balaban J connectivity index is 3.39. The van der Waals surface area contributed by atoms with Crippen LogP contribution in [0.15, 0.2) is 6.07 Å². The predicted molar refractivity (Wildman–Crippen MR) is 59.8 cm³/mol. The van der Waals surface area contributed by atoms with Crippen LogP contribution in [0.25, 0.3) is 0 Å². The molecule has 1 heterocycles. The smallest absolute Gasteiger partial charge is 0.481 e. The Kier molecular flexibility index (Phi) is 5.26. The molecule has 0 amide bonds. The van der Waals surface area contributed by atoms with Crippen LogP contribution in [-0.2, 0) is 16.5 Å². The lowest BCUT2D eigenvalue weighted by molar-refractivity contribution is -0.276. The van der Waals surface area contributed by atoms with Crippen molar-refractivity contribution in [3.05, 3.63) is 22.9 Å². The average molecular weight is 364 g/mol. The molecule has 0 aromatic carbocycles. The van der Waals surface area contributed by atoms with Crippen molar-refractivity contribution in [1.82, 2.24) is 4.98 Å². The van der Waals surface area contributed by atoms with Crippen molar-refractivity contribution in [3.8, 4) is 5.88 Å². The number of pyridine rings is 1. The van der Waals surface area contributed by atoms with Gasteiger partial charge in [-0.15, -0.1) is 13.2 Å². The zero-order valence-corrected chi connectivity index (χ0v) is 11.1. The molecule has 0 atom stereocenters. The molecule has 0 bridgehead atoms. The summed E-state index contributed by atoms with van der Waals surface area (Å²) < 4.78 is 65.3. The highest BCUT2D eigenvalue weighted by molar-refractivity contribution is 9.08. The largest absolute Gasteiger partial charge is 0.574 e. The van der Waals surface area contributed by atoms with Crippen molar-refractivity contribution in [2.24, 2.45) is 0 Å². The van der Waals surface area contributed by atoms with Crippen molar-refractivity contribution >= 4 is 21.9 Å². The number of halogens is 6. The number of carboxylic acids is 1. The zero-order valence-electron chi connectivity index (χ0n) is 9.55. The highest BCUT2D eigenvalue weighted by atomic mass is 79.9. The first-order valence-corrected chi connectivity index (χ1v) is 6.10. The fraction of sp³-hybridized carbons (Fsp3) is 0.400. The van der Waals surface area contributed by atoms with Gasteiger partial charge in [-0.05, 0) is 11.6 Å². The van der Waals surface area contributed by atoms with Crippen molar-refractivity contribution in [3.63, 3.8) is 0 Å². The molecule has 0 saturated heterocycles. The lowest BCUT2D eigenvalue weighted by Crippen LogP contribution is -2.21. The second kappa shape index (κ2) is 6.33. The van der Waals surface area contributed by atoms with Crippen molar-refractivity contribution in [2.75, 3.05) is 0 Å². The number of carboxylic acid groups (broad SMARTS) is 1. The van der Waals surface area contributed by atoms with Crippen molar-refractivity contribution in [1.29, 1.82) is 0 Å². The normalized spacial score (nSPS) is 11.8. The van der Waals surface area contributed by atoms with Crippen LogP contribution in [0.2, 0.25) is 0 Å². The molecule has 1 N–H and O–H groups in total. The lowest BCUT2D eigenvalue weighted by atomic mass is 10.1. The minimum absolute atomic E-state index is 0.0584. The molecule has 0 spiro atoms. The van der Waals surface area contributed by atoms with Gasteiger partial charge in [0.1, 0.15) is 5.69 Å². The molecule has 0 saturated carbocycles. The van der Waals surface area contributed by atoms with Crippen LogP contribution in [0, 0.1) is 0 Å². The second-order valence-corrected chi connectivity index (χ2v) is 4.10. The first kappa shape index (κ1) is 16.6. The van der Waals surface area contributed by atoms with Crippen LogP contribution in [0.5, 0.6) is 5.88 Å². The summed E-state index contributed by atoms with van der Waals surface area (Å²) >= 11 is 2.89. The molecule has 0 aliphatic rings. The van der Waals surface area contributed by atoms with E-state index in [0.717, 1.165) is 6.07 Å². The van der Waals surface area contributed by atoms with Gasteiger partial charge < -0.3 is 9.84 Å². The van der Waals surface area contributed by atoms with E-state index in [9.17, 15) is 26.7 Å². The Morgan fingerprint density at radius 1 is 1.45 bits per heavy atom. The summed E-state index contributed by atoms with van der Waals surface area (Å²) in [6.45, 7) is 0. The highest BCUT2D eigenvalue weighted by Crippen LogP contribution is 2.31. The third-order valence-electron chi connectivity index (χ3n) is 2.11. The van der Waals surface area contributed by atoms with E-state index in [1.165, 1.54) is 0 Å². The Morgan fingerprint density at radius 2 is 2.05 bits per heavy atom. The molecule has 1 aromatic rings. The number of aliphatic carboxylic acids is 1. The summed E-state index contributed by atoms with van der Waals surface area (Å²) in [4.78, 5) is 13.7. The molecule has 0 radical (unpaired) electrons. The van der Waals surface area contributed by atoms with Crippen molar-refractivity contribution < 1.29 is 36.6 Å². The minimum Gasteiger partial charge on any atom is -0.481 e. The average Bonchev–Trinajstić information content (AvgIpc) is 2.28. The fourth-order valence-electron chi connectivity index (χ4n) is 1.39. The number of nitrogens with zero attached hydrogens (tertiary/aromatic N) is 1. The standard InChI is InChI=1S/C10H7BrF5NO3/c11-3-4-1-6(8(12)13)17-9(20-10(14,15)16)5(4)2-7(18)19/h1,8H,2-3H2,(H,18,19). The fourth-order valence-corrected chi connectivity index (χ4v) is 1.89. The Labute approximate surface area is 117 Å². The molecule has 10 heteroatoms. The molecule has 0 unspecified atom stereocenters. The van der Waals surface area contributed by atoms with Crippen LogP contribution in [0.3, 0.4) is 0 Å². The number of hydrogen-bond donors (Lipinski definition) is 1. The number of ether oxygens (including phenoxy) is 1. The highest BCUT2D eigenvalue weighted by Gasteiger charge is 2.34. The first-order chi connectivity index (χ1) is 9.14. The van der Waals surface area contributed by atoms with E-state index in [1.54, 1.807) is 0 Å². The number of hydrogen-bond acceptors (Lipinski definition) is 3. The summed E-state index contributed by atoms with van der Waals surface area (Å²) in [7, 11) is 0. The summed E-state index contributed by atoms with van der Waals surface area (Å²) in [5.41, 5.74) is -1.39. The summed E-state index contributed by atoms with van der Waals surface area (Å²) in [6, 6.07) is 0.834. The Morgan fingerprint density at radius 3 is 2.45 bits per heavy atom. The zero-order chi connectivity index (χ0) is 15.5. The number of alkyl halides is 6. The van der Waals surface area contributed by atoms with Crippen LogP contribution in [-0.4, -0.2) is 22.4 Å². The van der Waals surface area contributed by atoms with Gasteiger partial charge in [-0.2, -0.15) is 0 Å². The monoisotopic (exact) mass is 363 g/mol. The molecule has 1 rings (SSSR count). The predicted octanol–water partition coefficient (Wildman–Crippen LogP) is 3.44. The summed E-state index contributed by atoms with van der Waals surface area (Å²) in [5, 5.41) is 8.54. The maximum absolute atomic E-state index is 12.6. The van der Waals surface area contributed by atoms with E-state index < -0.39 is 42.3 Å². The quantitative estimate of drug-likeness (QED) is 0.643. The molecular weight excluding hydrogens is 357 g/mol. The molecule has 0 aliphatic heterocycles. The number of rotatable bonds is 5. The SMILES string of the molecule is O=C(O)Cc1c(CBr)cc(C(F)F)nc1OC(F)(F)F. The van der Waals surface area contributed by atoms with Gasteiger partial charge in [0.2, 0.25) is 5.88 Å². The molecular formula is C10H7BrF5NO3. The number of aromatic nitrogens is 1. The molecule has 20 heavy (non-hydrogen) atoms. The van der Waals surface area contributed by atoms with Gasteiger partial charge in [0.25, 0.3) is 6.43 Å². The van der Waals surface area contributed by atoms with Gasteiger partial charge in [0, 0.05) is 10.9 Å². The summed E-state index contributed by atoms with van der Waals surface area (Å²) in [6.07, 6.45) is -9.10. The maximum Gasteiger partial charge on any atom is 0.574 e. The van der Waals surface area contributed by atoms with Gasteiger partial charge in [-0.3, -0.25) is 4.79 Å². The molecule has 112 valence electrons. The Bertz CT molecular complexity index is 506. The molecule has 0 fully saturated rings. The van der Waals surface area contributed by atoms with Gasteiger partial charge in [0.05, 0.1) is 6.42 Å². The van der Waals surface area contributed by atoms with Gasteiger partial charge in [0.15, 0.2) is 0 Å². The van der Waals surface area contributed by atoms with Gasteiger partial charge in [-0.25, -0.2) is 13.8 Å². The van der Waals surface area contributed by atoms with E-state index in [2.05, 4.69) is 25.7 Å². The van der Waals surface area contributed by atoms with Crippen LogP contribution in [0.4, 0.5) is 22.0 Å². The Hall–Kier alpha value is -1.45. The third kappa shape index (κ3) is 4.58. The first-order valence-electron chi connectivity index (χ1n) is 4.98. The van der Waals surface area contributed by atoms with Crippen LogP contribution < -0.4 is 4.74 Å². The van der Waals surface area contributed by atoms with Crippen molar-refractivity contribution in [2.45, 2.75) is 24.5 Å². The minimum atomic E-state index is -5.16. The molecule has 1 aromatic heterocycles. The van der Waals surface area contributed by atoms with E-state index in [1.807, 2.05) is 0 Å². The molecule has 4 nitrogen and oxygen atoms in total. The maximum atomic E-state index is 12.6. The van der Waals surface area contributed by atoms with Crippen LogP contribution in [0.1, 0.15) is 23.2 Å². The second-order valence-electron chi connectivity index (χ2n) is 3.54.